The van der Waals surface area contributed by atoms with Crippen molar-refractivity contribution < 1.29 is 9.72 Å². The summed E-state index contributed by atoms with van der Waals surface area (Å²) < 4.78 is 0. The SMILES string of the molecule is Cc1ccc([N+](=O)[O-])cc1NC(=O)CN1CCSc2ccccc21. The van der Waals surface area contributed by atoms with Crippen LogP contribution in [-0.2, 0) is 4.79 Å². The Bertz CT molecular complexity index is 794. The number of nitrogens with one attached hydrogen (secondary N) is 1. The predicted octanol–water partition coefficient (Wildman–Crippen LogP) is 3.45. The number of rotatable bonds is 4. The Kier molecular flexibility index (Phi) is 4.71. The van der Waals surface area contributed by atoms with Crippen LogP contribution in [0, 0.1) is 17.0 Å². The van der Waals surface area contributed by atoms with Gasteiger partial charge in [0.05, 0.1) is 22.8 Å². The second kappa shape index (κ2) is 6.92. The highest BCUT2D eigenvalue weighted by Gasteiger charge is 2.20. The zero-order valence-electron chi connectivity index (χ0n) is 13.2. The smallest absolute Gasteiger partial charge is 0.271 e. The van der Waals surface area contributed by atoms with E-state index in [1.54, 1.807) is 17.8 Å². The van der Waals surface area contributed by atoms with Crippen LogP contribution in [-0.4, -0.2) is 29.7 Å². The summed E-state index contributed by atoms with van der Waals surface area (Å²) in [7, 11) is 0. The highest BCUT2D eigenvalue weighted by molar-refractivity contribution is 7.99. The molecule has 0 aromatic heterocycles. The number of thioether (sulfide) groups is 1. The highest BCUT2D eigenvalue weighted by atomic mass is 32.2. The summed E-state index contributed by atoms with van der Waals surface area (Å²) in [5, 5.41) is 13.7. The lowest BCUT2D eigenvalue weighted by Crippen LogP contribution is -2.36. The molecule has 0 aliphatic carbocycles. The van der Waals surface area contributed by atoms with Crippen LogP contribution < -0.4 is 10.2 Å². The van der Waals surface area contributed by atoms with E-state index in [9.17, 15) is 14.9 Å². The van der Waals surface area contributed by atoms with E-state index in [1.807, 2.05) is 30.0 Å². The Labute approximate surface area is 144 Å². The van der Waals surface area contributed by atoms with Gasteiger partial charge in [-0.1, -0.05) is 18.2 Å². The molecule has 1 amide bonds. The zero-order valence-corrected chi connectivity index (χ0v) is 14.0. The maximum Gasteiger partial charge on any atom is 0.271 e. The van der Waals surface area contributed by atoms with E-state index in [1.165, 1.54) is 17.0 Å². The maximum atomic E-state index is 12.4. The second-order valence-electron chi connectivity index (χ2n) is 5.54. The molecule has 0 unspecified atom stereocenters. The molecule has 0 spiro atoms. The number of anilines is 2. The minimum Gasteiger partial charge on any atom is -0.360 e. The van der Waals surface area contributed by atoms with Crippen molar-refractivity contribution in [3.05, 3.63) is 58.1 Å². The van der Waals surface area contributed by atoms with Crippen LogP contribution in [0.3, 0.4) is 0 Å². The molecule has 6 nitrogen and oxygen atoms in total. The van der Waals surface area contributed by atoms with E-state index >= 15 is 0 Å². The quantitative estimate of drug-likeness (QED) is 0.680. The number of aryl methyl sites for hydroxylation is 1. The van der Waals surface area contributed by atoms with Gasteiger partial charge in [0.25, 0.3) is 5.69 Å². The van der Waals surface area contributed by atoms with Gasteiger partial charge in [-0.25, -0.2) is 0 Å². The third kappa shape index (κ3) is 3.51. The first-order valence-electron chi connectivity index (χ1n) is 7.56. The van der Waals surface area contributed by atoms with E-state index in [4.69, 9.17) is 0 Å². The van der Waals surface area contributed by atoms with Gasteiger partial charge in [0.2, 0.25) is 5.91 Å². The molecule has 0 fully saturated rings. The van der Waals surface area contributed by atoms with Crippen LogP contribution in [0.5, 0.6) is 0 Å². The summed E-state index contributed by atoms with van der Waals surface area (Å²) in [6, 6.07) is 12.5. The molecule has 2 aromatic rings. The van der Waals surface area contributed by atoms with Gasteiger partial charge in [0.1, 0.15) is 0 Å². The number of non-ortho nitro benzene ring substituents is 1. The van der Waals surface area contributed by atoms with Crippen molar-refractivity contribution >= 4 is 34.7 Å². The number of hydrogen-bond acceptors (Lipinski definition) is 5. The van der Waals surface area contributed by atoms with Crippen molar-refractivity contribution in [3.63, 3.8) is 0 Å². The molecule has 1 heterocycles. The third-order valence-corrected chi connectivity index (χ3v) is 4.91. The van der Waals surface area contributed by atoms with Crippen molar-refractivity contribution in [1.82, 2.24) is 0 Å². The van der Waals surface area contributed by atoms with Gasteiger partial charge in [-0.05, 0) is 24.6 Å². The number of nitro benzene ring substituents is 1. The van der Waals surface area contributed by atoms with E-state index in [2.05, 4.69) is 11.4 Å². The van der Waals surface area contributed by atoms with Crippen LogP contribution in [0.15, 0.2) is 47.4 Å². The van der Waals surface area contributed by atoms with Gasteiger partial charge in [0.15, 0.2) is 0 Å². The molecular formula is C17H17N3O3S. The summed E-state index contributed by atoms with van der Waals surface area (Å²) in [6.07, 6.45) is 0. The van der Waals surface area contributed by atoms with Crippen LogP contribution in [0.1, 0.15) is 5.56 Å². The monoisotopic (exact) mass is 343 g/mol. The van der Waals surface area contributed by atoms with Gasteiger partial charge in [-0.15, -0.1) is 11.8 Å². The molecule has 0 saturated carbocycles. The van der Waals surface area contributed by atoms with Gasteiger partial charge >= 0.3 is 0 Å². The number of nitro groups is 1. The van der Waals surface area contributed by atoms with E-state index < -0.39 is 4.92 Å². The van der Waals surface area contributed by atoms with Gasteiger partial charge in [0, 0.05) is 29.3 Å². The first kappa shape index (κ1) is 16.3. The zero-order chi connectivity index (χ0) is 17.1. The first-order chi connectivity index (χ1) is 11.5. The molecule has 1 N–H and O–H groups in total. The van der Waals surface area contributed by atoms with Crippen molar-refractivity contribution in [2.24, 2.45) is 0 Å². The second-order valence-corrected chi connectivity index (χ2v) is 6.68. The van der Waals surface area contributed by atoms with Gasteiger partial charge < -0.3 is 10.2 Å². The molecule has 1 aliphatic rings. The number of para-hydroxylation sites is 1. The molecule has 3 rings (SSSR count). The van der Waals surface area contributed by atoms with Gasteiger partial charge in [-0.3, -0.25) is 14.9 Å². The van der Waals surface area contributed by atoms with Crippen LogP contribution in [0.2, 0.25) is 0 Å². The molecule has 7 heteroatoms. The maximum absolute atomic E-state index is 12.4. The predicted molar refractivity (Wildman–Crippen MR) is 95.8 cm³/mol. The van der Waals surface area contributed by atoms with Crippen molar-refractivity contribution in [2.45, 2.75) is 11.8 Å². The molecule has 2 aromatic carbocycles. The van der Waals surface area contributed by atoms with Crippen molar-refractivity contribution in [1.29, 1.82) is 0 Å². The Morgan fingerprint density at radius 3 is 2.92 bits per heavy atom. The summed E-state index contributed by atoms with van der Waals surface area (Å²) in [6.45, 7) is 2.83. The molecule has 124 valence electrons. The molecule has 0 atom stereocenters. The Hall–Kier alpha value is -2.54. The fourth-order valence-corrected chi connectivity index (χ4v) is 3.66. The average Bonchev–Trinajstić information content (AvgIpc) is 2.57. The lowest BCUT2D eigenvalue weighted by Gasteiger charge is -2.30. The van der Waals surface area contributed by atoms with Crippen LogP contribution in [0.25, 0.3) is 0 Å². The van der Waals surface area contributed by atoms with Gasteiger partial charge in [-0.2, -0.15) is 0 Å². The largest absolute Gasteiger partial charge is 0.360 e. The van der Waals surface area contributed by atoms with E-state index in [-0.39, 0.29) is 18.1 Å². The summed E-state index contributed by atoms with van der Waals surface area (Å²) in [5.74, 6) is 0.750. The molecule has 0 saturated heterocycles. The molecule has 1 aliphatic heterocycles. The number of benzene rings is 2. The number of nitrogens with zero attached hydrogens (tertiary/aromatic N) is 2. The minimum atomic E-state index is -0.465. The van der Waals surface area contributed by atoms with E-state index in [0.29, 0.717) is 5.69 Å². The topological polar surface area (TPSA) is 75.5 Å². The Balaban J connectivity index is 1.73. The fraction of sp³-hybridized carbons (Fsp3) is 0.235. The lowest BCUT2D eigenvalue weighted by atomic mass is 10.2. The van der Waals surface area contributed by atoms with Crippen molar-refractivity contribution in [2.75, 3.05) is 29.1 Å². The fourth-order valence-electron chi connectivity index (χ4n) is 2.61. The summed E-state index contributed by atoms with van der Waals surface area (Å²) in [5.41, 5.74) is 2.30. The number of carbonyl (C=O) groups is 1. The first-order valence-corrected chi connectivity index (χ1v) is 8.55. The number of hydrogen-bond donors (Lipinski definition) is 1. The Morgan fingerprint density at radius 1 is 1.33 bits per heavy atom. The van der Waals surface area contributed by atoms with Crippen LogP contribution in [0.4, 0.5) is 17.1 Å². The van der Waals surface area contributed by atoms with E-state index in [0.717, 1.165) is 23.5 Å². The third-order valence-electron chi connectivity index (χ3n) is 3.87. The van der Waals surface area contributed by atoms with Crippen LogP contribution >= 0.6 is 11.8 Å². The normalized spacial score (nSPS) is 13.3. The summed E-state index contributed by atoms with van der Waals surface area (Å²) >= 11 is 1.78. The molecule has 24 heavy (non-hydrogen) atoms. The number of carbonyl (C=O) groups excluding carboxylic acids is 1. The molecule has 0 radical (unpaired) electrons. The van der Waals surface area contributed by atoms with Crippen molar-refractivity contribution in [3.8, 4) is 0 Å². The lowest BCUT2D eigenvalue weighted by molar-refractivity contribution is -0.384. The molecular weight excluding hydrogens is 326 g/mol. The number of amides is 1. The standard InChI is InChI=1S/C17H17N3O3S/c1-12-6-7-13(20(22)23)10-14(12)18-17(21)11-19-8-9-24-16-5-3-2-4-15(16)19/h2-7,10H,8-9,11H2,1H3,(H,18,21). The highest BCUT2D eigenvalue weighted by Crippen LogP contribution is 2.34. The minimum absolute atomic E-state index is 0.0318. The Morgan fingerprint density at radius 2 is 2.12 bits per heavy atom. The number of fused-ring (bicyclic) bond motifs is 1. The average molecular weight is 343 g/mol. The summed E-state index contributed by atoms with van der Waals surface area (Å²) in [4.78, 5) is 26.0. The molecule has 0 bridgehead atoms.